The lowest BCUT2D eigenvalue weighted by Crippen LogP contribution is -2.12. The number of esters is 2. The molecule has 0 saturated carbocycles. The summed E-state index contributed by atoms with van der Waals surface area (Å²) >= 11 is 0. The molecule has 0 heterocycles. The molecule has 1 N–H and O–H groups in total. The molecule has 0 amide bonds. The zero-order valence-corrected chi connectivity index (χ0v) is 7.62. The van der Waals surface area contributed by atoms with Crippen LogP contribution in [0.3, 0.4) is 0 Å². The van der Waals surface area contributed by atoms with Crippen molar-refractivity contribution in [3.05, 3.63) is 0 Å². The highest BCUT2D eigenvalue weighted by Gasteiger charge is 2.04. The Morgan fingerprint density at radius 1 is 1.15 bits per heavy atom. The second-order valence-corrected chi connectivity index (χ2v) is 2.25. The molecule has 0 aromatic carbocycles. The highest BCUT2D eigenvalue weighted by Crippen LogP contribution is 1.90. The number of hydrogen-bond donors (Lipinski definition) is 1. The SMILES string of the molecule is CCOC(=O)CCOC(=O)CCO. The van der Waals surface area contributed by atoms with E-state index in [1.807, 2.05) is 0 Å². The third-order valence-electron chi connectivity index (χ3n) is 1.19. The lowest BCUT2D eigenvalue weighted by atomic mass is 10.4. The van der Waals surface area contributed by atoms with Gasteiger partial charge in [0.25, 0.3) is 0 Å². The second kappa shape index (κ2) is 7.54. The number of carbonyl (C=O) groups excluding carboxylic acids is 2. The minimum Gasteiger partial charge on any atom is -0.466 e. The van der Waals surface area contributed by atoms with Crippen molar-refractivity contribution in [1.82, 2.24) is 0 Å². The van der Waals surface area contributed by atoms with Crippen LogP contribution >= 0.6 is 0 Å². The van der Waals surface area contributed by atoms with Gasteiger partial charge >= 0.3 is 11.9 Å². The Kier molecular flexibility index (Phi) is 6.91. The molecule has 0 bridgehead atoms. The molecule has 0 aliphatic heterocycles. The van der Waals surface area contributed by atoms with Crippen molar-refractivity contribution in [2.24, 2.45) is 0 Å². The predicted molar refractivity (Wildman–Crippen MR) is 43.9 cm³/mol. The molecule has 5 nitrogen and oxygen atoms in total. The maximum Gasteiger partial charge on any atom is 0.309 e. The van der Waals surface area contributed by atoms with Crippen LogP contribution in [-0.2, 0) is 19.1 Å². The van der Waals surface area contributed by atoms with E-state index in [1.165, 1.54) is 0 Å². The summed E-state index contributed by atoms with van der Waals surface area (Å²) in [6.45, 7) is 1.80. The molecule has 0 saturated heterocycles. The first kappa shape index (κ1) is 11.9. The third kappa shape index (κ3) is 7.27. The largest absolute Gasteiger partial charge is 0.466 e. The summed E-state index contributed by atoms with van der Waals surface area (Å²) in [5.74, 6) is -0.897. The molecular formula is C8H14O5. The van der Waals surface area contributed by atoms with E-state index in [0.717, 1.165) is 0 Å². The third-order valence-corrected chi connectivity index (χ3v) is 1.19. The molecule has 0 aliphatic rings. The first-order valence-electron chi connectivity index (χ1n) is 4.12. The number of carbonyl (C=O) groups is 2. The van der Waals surface area contributed by atoms with Gasteiger partial charge in [-0.25, -0.2) is 0 Å². The van der Waals surface area contributed by atoms with Gasteiger partial charge in [-0.1, -0.05) is 0 Å². The topological polar surface area (TPSA) is 72.8 Å². The lowest BCUT2D eigenvalue weighted by molar-refractivity contribution is -0.149. The van der Waals surface area contributed by atoms with E-state index >= 15 is 0 Å². The fourth-order valence-corrected chi connectivity index (χ4v) is 0.645. The van der Waals surface area contributed by atoms with Crippen LogP contribution < -0.4 is 0 Å². The van der Waals surface area contributed by atoms with Gasteiger partial charge in [0, 0.05) is 0 Å². The quantitative estimate of drug-likeness (QED) is 0.590. The molecule has 0 spiro atoms. The monoisotopic (exact) mass is 190 g/mol. The average Bonchev–Trinajstić information content (AvgIpc) is 2.05. The van der Waals surface area contributed by atoms with E-state index in [-0.39, 0.29) is 32.0 Å². The lowest BCUT2D eigenvalue weighted by Gasteiger charge is -2.03. The number of ether oxygens (including phenoxy) is 2. The minimum absolute atomic E-state index is 0.0116. The van der Waals surface area contributed by atoms with Crippen LogP contribution in [0.15, 0.2) is 0 Å². The molecule has 0 radical (unpaired) electrons. The van der Waals surface area contributed by atoms with Gasteiger partial charge in [0.2, 0.25) is 0 Å². The van der Waals surface area contributed by atoms with Gasteiger partial charge in [-0.15, -0.1) is 0 Å². The van der Waals surface area contributed by atoms with Crippen LogP contribution in [-0.4, -0.2) is 36.9 Å². The van der Waals surface area contributed by atoms with Crippen molar-refractivity contribution in [2.75, 3.05) is 19.8 Å². The van der Waals surface area contributed by atoms with Gasteiger partial charge in [-0.05, 0) is 6.92 Å². The summed E-state index contributed by atoms with van der Waals surface area (Å²) in [5, 5.41) is 8.34. The van der Waals surface area contributed by atoms with Crippen LogP contribution in [0.2, 0.25) is 0 Å². The van der Waals surface area contributed by atoms with Crippen molar-refractivity contribution >= 4 is 11.9 Å². The Hall–Kier alpha value is -1.10. The maximum absolute atomic E-state index is 10.7. The Morgan fingerprint density at radius 3 is 2.31 bits per heavy atom. The van der Waals surface area contributed by atoms with Gasteiger partial charge in [-0.2, -0.15) is 0 Å². The summed E-state index contributed by atoms with van der Waals surface area (Å²) in [6, 6.07) is 0. The predicted octanol–water partition coefficient (Wildman–Crippen LogP) is -0.135. The van der Waals surface area contributed by atoms with Crippen molar-refractivity contribution < 1.29 is 24.2 Å². The van der Waals surface area contributed by atoms with Crippen LogP contribution in [0.4, 0.5) is 0 Å². The van der Waals surface area contributed by atoms with E-state index in [9.17, 15) is 9.59 Å². The molecule has 13 heavy (non-hydrogen) atoms. The van der Waals surface area contributed by atoms with Crippen molar-refractivity contribution in [1.29, 1.82) is 0 Å². The molecule has 0 unspecified atom stereocenters. The van der Waals surface area contributed by atoms with Crippen LogP contribution in [0.5, 0.6) is 0 Å². The van der Waals surface area contributed by atoms with Crippen molar-refractivity contribution in [3.8, 4) is 0 Å². The number of hydrogen-bond acceptors (Lipinski definition) is 5. The van der Waals surface area contributed by atoms with E-state index in [2.05, 4.69) is 9.47 Å². The first-order chi connectivity index (χ1) is 6.20. The highest BCUT2D eigenvalue weighted by molar-refractivity contribution is 5.71. The summed E-state index contributed by atoms with van der Waals surface area (Å²) in [4.78, 5) is 21.4. The highest BCUT2D eigenvalue weighted by atomic mass is 16.5. The second-order valence-electron chi connectivity index (χ2n) is 2.25. The average molecular weight is 190 g/mol. The first-order valence-corrected chi connectivity index (χ1v) is 4.12. The van der Waals surface area contributed by atoms with E-state index in [0.29, 0.717) is 6.61 Å². The molecule has 0 fully saturated rings. The summed E-state index contributed by atoms with van der Waals surface area (Å²) < 4.78 is 9.20. The Morgan fingerprint density at radius 2 is 1.77 bits per heavy atom. The van der Waals surface area contributed by atoms with E-state index < -0.39 is 5.97 Å². The molecule has 5 heteroatoms. The van der Waals surface area contributed by atoms with E-state index in [1.54, 1.807) is 6.92 Å². The van der Waals surface area contributed by atoms with Gasteiger partial charge in [0.15, 0.2) is 0 Å². The fourth-order valence-electron chi connectivity index (χ4n) is 0.645. The maximum atomic E-state index is 10.7. The van der Waals surface area contributed by atoms with Crippen LogP contribution in [0, 0.1) is 0 Å². The van der Waals surface area contributed by atoms with Gasteiger partial charge in [0.05, 0.1) is 26.1 Å². The summed E-state index contributed by atoms with van der Waals surface area (Å²) in [5.41, 5.74) is 0. The van der Waals surface area contributed by atoms with Crippen molar-refractivity contribution in [3.63, 3.8) is 0 Å². The van der Waals surface area contributed by atoms with Gasteiger partial charge in [-0.3, -0.25) is 9.59 Å². The number of rotatable bonds is 6. The van der Waals surface area contributed by atoms with Crippen molar-refractivity contribution in [2.45, 2.75) is 19.8 Å². The Labute approximate surface area is 76.6 Å². The normalized spacial score (nSPS) is 9.38. The number of aliphatic hydroxyl groups excluding tert-OH is 1. The van der Waals surface area contributed by atoms with Gasteiger partial charge in [0.1, 0.15) is 6.61 Å². The summed E-state index contributed by atoms with van der Waals surface area (Å²) in [6.07, 6.45) is 0.0217. The van der Waals surface area contributed by atoms with E-state index in [4.69, 9.17) is 5.11 Å². The molecular weight excluding hydrogens is 176 g/mol. The number of aliphatic hydroxyl groups is 1. The Balaban J connectivity index is 3.33. The molecule has 0 aliphatic carbocycles. The summed E-state index contributed by atoms with van der Waals surface area (Å²) in [7, 11) is 0. The zero-order chi connectivity index (χ0) is 10.1. The standard InChI is InChI=1S/C8H14O5/c1-2-12-8(11)4-6-13-7(10)3-5-9/h9H,2-6H2,1H3. The molecule has 0 rings (SSSR count). The zero-order valence-electron chi connectivity index (χ0n) is 7.62. The molecule has 0 atom stereocenters. The Bertz CT molecular complexity index is 148. The van der Waals surface area contributed by atoms with Crippen LogP contribution in [0.25, 0.3) is 0 Å². The van der Waals surface area contributed by atoms with Crippen LogP contribution in [0.1, 0.15) is 19.8 Å². The minimum atomic E-state index is -0.508. The molecule has 76 valence electrons. The smallest absolute Gasteiger partial charge is 0.309 e. The molecule has 0 aromatic rings. The van der Waals surface area contributed by atoms with Gasteiger partial charge < -0.3 is 14.6 Å². The fraction of sp³-hybridized carbons (Fsp3) is 0.750. The molecule has 0 aromatic heterocycles.